The number of para-hydroxylation sites is 1. The van der Waals surface area contributed by atoms with Gasteiger partial charge < -0.3 is 5.32 Å². The summed E-state index contributed by atoms with van der Waals surface area (Å²) in [5.41, 5.74) is 1.59. The predicted octanol–water partition coefficient (Wildman–Crippen LogP) is 2.88. The summed E-state index contributed by atoms with van der Waals surface area (Å²) in [7, 11) is -1.23. The first-order valence-corrected chi connectivity index (χ1v) is 7.31. The first-order chi connectivity index (χ1) is 9.25. The average Bonchev–Trinajstić information content (AvgIpc) is 2.57. The summed E-state index contributed by atoms with van der Waals surface area (Å²) in [6.07, 6.45) is 0.241. The highest BCUT2D eigenvalue weighted by atomic mass is 32.2. The van der Waals surface area contributed by atoms with Crippen molar-refractivity contribution in [3.63, 3.8) is 0 Å². The lowest BCUT2D eigenvalue weighted by atomic mass is 10.1. The molecular formula is C15H13NO2S. The maximum Gasteiger partial charge on any atom is 0.225 e. The molecule has 0 aromatic heterocycles. The molecular weight excluding hydrogens is 258 g/mol. The van der Waals surface area contributed by atoms with E-state index < -0.39 is 10.8 Å². The van der Waals surface area contributed by atoms with Gasteiger partial charge in [-0.3, -0.25) is 9.00 Å². The van der Waals surface area contributed by atoms with E-state index in [0.717, 1.165) is 5.56 Å². The summed E-state index contributed by atoms with van der Waals surface area (Å²) in [5.74, 6) is -0.0906. The minimum absolute atomic E-state index is 0.0906. The number of hydrogen-bond donors (Lipinski definition) is 1. The van der Waals surface area contributed by atoms with Crippen LogP contribution in [0.3, 0.4) is 0 Å². The van der Waals surface area contributed by atoms with Gasteiger partial charge in [0.1, 0.15) is 0 Å². The van der Waals surface area contributed by atoms with Gasteiger partial charge >= 0.3 is 0 Å². The van der Waals surface area contributed by atoms with Crippen molar-refractivity contribution in [3.8, 4) is 0 Å². The van der Waals surface area contributed by atoms with Gasteiger partial charge in [-0.15, -0.1) is 0 Å². The van der Waals surface area contributed by atoms with Gasteiger partial charge in [0.15, 0.2) is 0 Å². The number of hydrogen-bond acceptors (Lipinski definition) is 2. The Morgan fingerprint density at radius 3 is 2.47 bits per heavy atom. The third-order valence-electron chi connectivity index (χ3n) is 3.18. The monoisotopic (exact) mass is 271 g/mol. The van der Waals surface area contributed by atoms with Gasteiger partial charge in [0.2, 0.25) is 5.91 Å². The van der Waals surface area contributed by atoms with Crippen LogP contribution in [0.4, 0.5) is 5.69 Å². The Labute approximate surface area is 114 Å². The molecule has 0 spiro atoms. The van der Waals surface area contributed by atoms with E-state index in [4.69, 9.17) is 0 Å². The fourth-order valence-corrected chi connectivity index (χ4v) is 3.82. The molecule has 0 fully saturated rings. The molecule has 0 saturated heterocycles. The van der Waals surface area contributed by atoms with E-state index in [2.05, 4.69) is 5.32 Å². The lowest BCUT2D eigenvalue weighted by Crippen LogP contribution is -2.13. The summed E-state index contributed by atoms with van der Waals surface area (Å²) in [5, 5.41) is 2.53. The normalized spacial score (nSPS) is 22.2. The highest BCUT2D eigenvalue weighted by Gasteiger charge is 2.28. The van der Waals surface area contributed by atoms with Gasteiger partial charge in [-0.1, -0.05) is 42.5 Å². The van der Waals surface area contributed by atoms with Crippen molar-refractivity contribution in [1.29, 1.82) is 0 Å². The molecule has 1 aliphatic heterocycles. The van der Waals surface area contributed by atoms with E-state index in [0.29, 0.717) is 10.6 Å². The van der Waals surface area contributed by atoms with Crippen LogP contribution < -0.4 is 5.32 Å². The predicted molar refractivity (Wildman–Crippen MR) is 75.3 cm³/mol. The number of rotatable bonds is 1. The van der Waals surface area contributed by atoms with Crippen LogP contribution in [0, 0.1) is 0 Å². The van der Waals surface area contributed by atoms with Gasteiger partial charge in [-0.05, 0) is 17.7 Å². The van der Waals surface area contributed by atoms with Crippen LogP contribution in [0.5, 0.6) is 0 Å². The Morgan fingerprint density at radius 2 is 1.68 bits per heavy atom. The van der Waals surface area contributed by atoms with E-state index >= 15 is 0 Å². The Morgan fingerprint density at radius 1 is 1.00 bits per heavy atom. The van der Waals surface area contributed by atoms with Crippen molar-refractivity contribution >= 4 is 22.4 Å². The second-order valence-corrected chi connectivity index (χ2v) is 6.05. The van der Waals surface area contributed by atoms with Crippen LogP contribution in [0.2, 0.25) is 0 Å². The number of nitrogens with one attached hydrogen (secondary N) is 1. The number of fused-ring (bicyclic) bond motifs is 1. The average molecular weight is 271 g/mol. The van der Waals surface area contributed by atoms with Gasteiger partial charge in [-0.25, -0.2) is 0 Å². The second kappa shape index (κ2) is 4.97. The van der Waals surface area contributed by atoms with Gasteiger partial charge in [0.05, 0.1) is 26.6 Å². The minimum atomic E-state index is -1.23. The van der Waals surface area contributed by atoms with Gasteiger partial charge in [-0.2, -0.15) is 0 Å². The smallest absolute Gasteiger partial charge is 0.225 e. The van der Waals surface area contributed by atoms with Crippen molar-refractivity contribution in [2.75, 3.05) is 5.32 Å². The number of carbonyl (C=O) groups excluding carboxylic acids is 1. The minimum Gasteiger partial charge on any atom is -0.325 e. The summed E-state index contributed by atoms with van der Waals surface area (Å²) >= 11 is 0. The second-order valence-electron chi connectivity index (χ2n) is 4.45. The van der Waals surface area contributed by atoms with Crippen molar-refractivity contribution in [3.05, 3.63) is 60.2 Å². The van der Waals surface area contributed by atoms with E-state index in [1.165, 1.54) is 0 Å². The van der Waals surface area contributed by atoms with Crippen molar-refractivity contribution in [2.24, 2.45) is 0 Å². The van der Waals surface area contributed by atoms with Crippen molar-refractivity contribution in [2.45, 2.75) is 16.6 Å². The van der Waals surface area contributed by atoms with E-state index in [1.54, 1.807) is 6.07 Å². The summed E-state index contributed by atoms with van der Waals surface area (Å²) < 4.78 is 12.7. The molecule has 3 nitrogen and oxygen atoms in total. The molecule has 1 heterocycles. The third-order valence-corrected chi connectivity index (χ3v) is 4.92. The fraction of sp³-hybridized carbons (Fsp3) is 0.133. The highest BCUT2D eigenvalue weighted by molar-refractivity contribution is 7.85. The molecule has 1 amide bonds. The molecule has 0 aliphatic carbocycles. The van der Waals surface area contributed by atoms with Crippen LogP contribution in [-0.2, 0) is 15.6 Å². The zero-order valence-electron chi connectivity index (χ0n) is 10.2. The molecule has 0 saturated carbocycles. The van der Waals surface area contributed by atoms with Crippen molar-refractivity contribution in [1.82, 2.24) is 0 Å². The Hall–Kier alpha value is -1.94. The number of amides is 1. The molecule has 19 heavy (non-hydrogen) atoms. The molecule has 0 radical (unpaired) electrons. The zero-order chi connectivity index (χ0) is 13.2. The van der Waals surface area contributed by atoms with E-state index in [1.807, 2.05) is 48.5 Å². The summed E-state index contributed by atoms with van der Waals surface area (Å²) in [4.78, 5) is 12.6. The first-order valence-electron chi connectivity index (χ1n) is 6.10. The van der Waals surface area contributed by atoms with Crippen LogP contribution in [0.1, 0.15) is 17.2 Å². The lowest BCUT2D eigenvalue weighted by Gasteiger charge is -2.13. The first kappa shape index (κ1) is 12.1. The Kier molecular flexibility index (Phi) is 3.17. The van der Waals surface area contributed by atoms with Crippen molar-refractivity contribution < 1.29 is 9.00 Å². The molecule has 96 valence electrons. The SMILES string of the molecule is O=C1C[C@@H](c2ccccc2)[S@@](=O)c2ccccc2N1. The molecule has 3 rings (SSSR count). The lowest BCUT2D eigenvalue weighted by molar-refractivity contribution is -0.116. The zero-order valence-corrected chi connectivity index (χ0v) is 11.0. The molecule has 1 aliphatic rings. The van der Waals surface area contributed by atoms with Crippen LogP contribution in [0.25, 0.3) is 0 Å². The number of benzene rings is 2. The number of anilines is 1. The van der Waals surface area contributed by atoms with Gasteiger partial charge in [0, 0.05) is 6.42 Å². The standard InChI is InChI=1S/C15H13NO2S/c17-15-10-14(11-6-2-1-3-7-11)19(18)13-9-5-4-8-12(13)16-15/h1-9,14H,10H2,(H,16,17)/t14-,19-/m0/s1. The van der Waals surface area contributed by atoms with Crippen LogP contribution >= 0.6 is 0 Å². The topological polar surface area (TPSA) is 46.2 Å². The van der Waals surface area contributed by atoms with E-state index in [9.17, 15) is 9.00 Å². The fourth-order valence-electron chi connectivity index (χ4n) is 2.25. The maximum absolute atomic E-state index is 12.7. The third kappa shape index (κ3) is 2.31. The number of carbonyl (C=O) groups is 1. The largest absolute Gasteiger partial charge is 0.325 e. The molecule has 1 N–H and O–H groups in total. The molecule has 2 aromatic rings. The summed E-state index contributed by atoms with van der Waals surface area (Å²) in [6.45, 7) is 0. The molecule has 0 unspecified atom stereocenters. The van der Waals surface area contributed by atoms with E-state index in [-0.39, 0.29) is 17.6 Å². The van der Waals surface area contributed by atoms with Gasteiger partial charge in [0.25, 0.3) is 0 Å². The molecule has 2 aromatic carbocycles. The van der Waals surface area contributed by atoms with Crippen LogP contribution in [-0.4, -0.2) is 10.1 Å². The Bertz CT molecular complexity index is 640. The molecule has 0 bridgehead atoms. The molecule has 2 atom stereocenters. The Balaban J connectivity index is 2.08. The summed E-state index contributed by atoms with van der Waals surface area (Å²) in [6, 6.07) is 16.8. The quantitative estimate of drug-likeness (QED) is 0.867. The highest BCUT2D eigenvalue weighted by Crippen LogP contribution is 2.34. The van der Waals surface area contributed by atoms with Crippen LogP contribution in [0.15, 0.2) is 59.5 Å². The molecule has 4 heteroatoms. The maximum atomic E-state index is 12.7.